The van der Waals surface area contributed by atoms with Crippen LogP contribution in [0.15, 0.2) is 65.9 Å². The topological polar surface area (TPSA) is 102 Å². The minimum absolute atomic E-state index is 0.0608. The zero-order valence-corrected chi connectivity index (χ0v) is 25.5. The maximum atomic E-state index is 15.0. The van der Waals surface area contributed by atoms with Gasteiger partial charge in [-0.3, -0.25) is 9.69 Å². The van der Waals surface area contributed by atoms with Crippen molar-refractivity contribution in [3.63, 3.8) is 0 Å². The number of nitrogens with zero attached hydrogens (tertiary/aromatic N) is 5. The van der Waals surface area contributed by atoms with E-state index >= 15 is 0 Å². The van der Waals surface area contributed by atoms with Crippen molar-refractivity contribution < 1.29 is 36.3 Å². The standard InChI is InChI=1S/C31H27F5N6O3S/c1-17(2)22-10-4-18(3)12-25(22)42-27(43)15-46-30(42)39-29(44)38-28-23(32)13-19(14-24(28)33)5-11-26-37-16-41(40-26)20-6-8-21(9-7-20)45-31(34,35)36/h4,6-10,12-14,16-17H,5,11,15H2,1-3H3,(H,38,44). The molecule has 0 spiro atoms. The van der Waals surface area contributed by atoms with Crippen LogP contribution in [0.2, 0.25) is 0 Å². The van der Waals surface area contributed by atoms with Crippen molar-refractivity contribution in [1.29, 1.82) is 0 Å². The third-order valence-corrected chi connectivity index (χ3v) is 7.78. The molecule has 0 bridgehead atoms. The summed E-state index contributed by atoms with van der Waals surface area (Å²) in [5.74, 6) is -2.22. The van der Waals surface area contributed by atoms with Crippen molar-refractivity contribution in [3.05, 3.63) is 95.1 Å². The number of ether oxygens (including phenoxy) is 1. The van der Waals surface area contributed by atoms with Gasteiger partial charge in [0.25, 0.3) is 0 Å². The highest BCUT2D eigenvalue weighted by Gasteiger charge is 2.33. The molecule has 1 saturated heterocycles. The number of carbonyl (C=O) groups excluding carboxylic acids is 2. The summed E-state index contributed by atoms with van der Waals surface area (Å²) in [5, 5.41) is 6.51. The van der Waals surface area contributed by atoms with E-state index in [1.54, 1.807) is 0 Å². The number of aromatic nitrogens is 3. The average molecular weight is 659 g/mol. The number of halogens is 5. The Morgan fingerprint density at radius 1 is 1.07 bits per heavy atom. The van der Waals surface area contributed by atoms with Gasteiger partial charge in [-0.15, -0.1) is 13.2 Å². The highest BCUT2D eigenvalue weighted by atomic mass is 32.2. The molecule has 0 saturated carbocycles. The molecule has 1 aliphatic rings. The molecule has 9 nitrogen and oxygen atoms in total. The molecule has 46 heavy (non-hydrogen) atoms. The van der Waals surface area contributed by atoms with E-state index in [4.69, 9.17) is 0 Å². The second-order valence-electron chi connectivity index (χ2n) is 10.6. The summed E-state index contributed by atoms with van der Waals surface area (Å²) in [6, 6.07) is 11.8. The van der Waals surface area contributed by atoms with Crippen LogP contribution in [0.25, 0.3) is 5.69 Å². The number of anilines is 2. The van der Waals surface area contributed by atoms with Crippen LogP contribution >= 0.6 is 11.8 Å². The summed E-state index contributed by atoms with van der Waals surface area (Å²) in [5.41, 5.74) is 2.42. The maximum absolute atomic E-state index is 15.0. The molecule has 0 aliphatic carbocycles. The number of hydrogen-bond acceptors (Lipinski definition) is 6. The molecule has 1 fully saturated rings. The van der Waals surface area contributed by atoms with Gasteiger partial charge in [-0.05, 0) is 78.4 Å². The van der Waals surface area contributed by atoms with E-state index in [1.165, 1.54) is 28.0 Å². The number of aliphatic imine (C=N–C) groups is 1. The Bertz CT molecular complexity index is 1780. The molecule has 1 N–H and O–H groups in total. The summed E-state index contributed by atoms with van der Waals surface area (Å²) in [7, 11) is 0. The van der Waals surface area contributed by atoms with E-state index in [0.29, 0.717) is 17.2 Å². The minimum Gasteiger partial charge on any atom is -0.406 e. The van der Waals surface area contributed by atoms with E-state index in [2.05, 4.69) is 25.1 Å². The highest BCUT2D eigenvalue weighted by molar-refractivity contribution is 8.15. The number of aryl methyl sites for hydroxylation is 3. The molecule has 15 heteroatoms. The molecule has 0 atom stereocenters. The SMILES string of the molecule is Cc1ccc(C(C)C)c(N2C(=O)CSC2=NC(=O)Nc2c(F)cc(CCc3ncn(-c4ccc(OC(F)(F)F)cc4)n3)cc2F)c1. The third kappa shape index (κ3) is 7.70. The average Bonchev–Trinajstić information content (AvgIpc) is 3.59. The van der Waals surface area contributed by atoms with Crippen LogP contribution in [0.1, 0.15) is 42.3 Å². The maximum Gasteiger partial charge on any atom is 0.573 e. The number of alkyl halides is 3. The van der Waals surface area contributed by atoms with Crippen LogP contribution in [0.3, 0.4) is 0 Å². The van der Waals surface area contributed by atoms with Gasteiger partial charge in [0.2, 0.25) is 5.91 Å². The third-order valence-electron chi connectivity index (χ3n) is 6.86. The van der Waals surface area contributed by atoms with Crippen LogP contribution in [0.5, 0.6) is 5.75 Å². The first kappa shape index (κ1) is 32.6. The molecule has 240 valence electrons. The number of thioether (sulfide) groups is 1. The number of carbonyl (C=O) groups is 2. The zero-order valence-electron chi connectivity index (χ0n) is 24.7. The molecule has 3 amide bonds. The van der Waals surface area contributed by atoms with Gasteiger partial charge in [-0.1, -0.05) is 37.7 Å². The second kappa shape index (κ2) is 13.3. The molecule has 0 radical (unpaired) electrons. The van der Waals surface area contributed by atoms with Gasteiger partial charge in [0.05, 0.1) is 17.1 Å². The fourth-order valence-electron chi connectivity index (χ4n) is 4.72. The Kier molecular flexibility index (Phi) is 9.42. The first-order valence-corrected chi connectivity index (χ1v) is 15.0. The minimum atomic E-state index is -4.81. The fourth-order valence-corrected chi connectivity index (χ4v) is 5.58. The molecule has 0 unspecified atom stereocenters. The Morgan fingerprint density at radius 2 is 1.76 bits per heavy atom. The molecule has 1 aromatic heterocycles. The largest absolute Gasteiger partial charge is 0.573 e. The van der Waals surface area contributed by atoms with Crippen molar-refractivity contribution in [2.75, 3.05) is 16.0 Å². The summed E-state index contributed by atoms with van der Waals surface area (Å²) in [6.07, 6.45) is -3.11. The van der Waals surface area contributed by atoms with Gasteiger partial charge in [-0.2, -0.15) is 10.1 Å². The monoisotopic (exact) mass is 658 g/mol. The van der Waals surface area contributed by atoms with Crippen LogP contribution in [-0.4, -0.2) is 44.0 Å². The quantitative estimate of drug-likeness (QED) is 0.199. The zero-order chi connectivity index (χ0) is 33.2. The van der Waals surface area contributed by atoms with Crippen molar-refractivity contribution in [2.24, 2.45) is 4.99 Å². The number of nitrogens with one attached hydrogen (secondary N) is 1. The normalized spacial score (nSPS) is 14.4. The number of urea groups is 1. The summed E-state index contributed by atoms with van der Waals surface area (Å²) in [6.45, 7) is 5.84. The van der Waals surface area contributed by atoms with E-state index in [1.807, 2.05) is 39.0 Å². The van der Waals surface area contributed by atoms with Gasteiger partial charge in [0.1, 0.15) is 29.4 Å². The van der Waals surface area contributed by atoms with Gasteiger partial charge in [0, 0.05) is 6.42 Å². The van der Waals surface area contributed by atoms with Gasteiger partial charge in [-0.25, -0.2) is 23.2 Å². The number of hydrogen-bond donors (Lipinski definition) is 1. The molecular weight excluding hydrogens is 631 g/mol. The summed E-state index contributed by atoms with van der Waals surface area (Å²) in [4.78, 5) is 35.0. The molecule has 2 heterocycles. The first-order valence-electron chi connectivity index (χ1n) is 14.0. The van der Waals surface area contributed by atoms with Crippen LogP contribution in [0, 0.1) is 18.6 Å². The Labute approximate surface area is 264 Å². The van der Waals surface area contributed by atoms with Gasteiger partial charge < -0.3 is 10.1 Å². The summed E-state index contributed by atoms with van der Waals surface area (Å²) >= 11 is 1.05. The second-order valence-corrected chi connectivity index (χ2v) is 11.6. The van der Waals surface area contributed by atoms with Gasteiger partial charge >= 0.3 is 12.4 Å². The van der Waals surface area contributed by atoms with Gasteiger partial charge in [0.15, 0.2) is 11.0 Å². The van der Waals surface area contributed by atoms with Crippen molar-refractivity contribution in [2.45, 2.75) is 45.9 Å². The lowest BCUT2D eigenvalue weighted by molar-refractivity contribution is -0.274. The first-order chi connectivity index (χ1) is 21.8. The highest BCUT2D eigenvalue weighted by Crippen LogP contribution is 2.34. The number of benzene rings is 3. The number of amides is 3. The number of rotatable bonds is 8. The lowest BCUT2D eigenvalue weighted by atomic mass is 9.99. The van der Waals surface area contributed by atoms with Crippen molar-refractivity contribution in [1.82, 2.24) is 14.8 Å². The Morgan fingerprint density at radius 3 is 2.41 bits per heavy atom. The molecule has 5 rings (SSSR count). The Hall–Kier alpha value is -4.79. The van der Waals surface area contributed by atoms with E-state index in [-0.39, 0.29) is 46.9 Å². The number of amidine groups is 1. The van der Waals surface area contributed by atoms with E-state index in [0.717, 1.165) is 47.2 Å². The smallest absolute Gasteiger partial charge is 0.406 e. The van der Waals surface area contributed by atoms with Crippen LogP contribution in [0.4, 0.5) is 38.1 Å². The Balaban J connectivity index is 1.24. The lowest BCUT2D eigenvalue weighted by Gasteiger charge is -2.22. The molecular formula is C31H27F5N6O3S. The lowest BCUT2D eigenvalue weighted by Crippen LogP contribution is -2.31. The molecule has 1 aliphatic heterocycles. The van der Waals surface area contributed by atoms with E-state index < -0.39 is 29.7 Å². The van der Waals surface area contributed by atoms with E-state index in [9.17, 15) is 31.5 Å². The molecule has 3 aromatic carbocycles. The van der Waals surface area contributed by atoms with Crippen LogP contribution in [-0.2, 0) is 17.6 Å². The predicted molar refractivity (Wildman–Crippen MR) is 163 cm³/mol. The van der Waals surface area contributed by atoms with Crippen LogP contribution < -0.4 is 15.0 Å². The summed E-state index contributed by atoms with van der Waals surface area (Å²) < 4.78 is 72.3. The van der Waals surface area contributed by atoms with Crippen molar-refractivity contribution in [3.8, 4) is 11.4 Å². The van der Waals surface area contributed by atoms with Crippen molar-refractivity contribution >= 4 is 40.2 Å². The molecule has 4 aromatic rings. The predicted octanol–water partition coefficient (Wildman–Crippen LogP) is 7.33. The fraction of sp³-hybridized carbons (Fsp3) is 0.258.